The number of ether oxygens (including phenoxy) is 1. The minimum atomic E-state index is -0.365. The van der Waals surface area contributed by atoms with Crippen LogP contribution in [-0.2, 0) is 4.79 Å². The number of benzene rings is 2. The summed E-state index contributed by atoms with van der Waals surface area (Å²) >= 11 is 3.41. The molecule has 0 saturated heterocycles. The highest BCUT2D eigenvalue weighted by atomic mass is 79.9. The van der Waals surface area contributed by atoms with Gasteiger partial charge in [-0.15, -0.1) is 0 Å². The second kappa shape index (κ2) is 8.55. The van der Waals surface area contributed by atoms with Gasteiger partial charge in [0.1, 0.15) is 5.75 Å². The SMILES string of the molecule is Cc1ccc(OCC(=O)Nc2cccc(NC(=O)c3ccco3)c2)c(Br)c1. The van der Waals surface area contributed by atoms with Crippen LogP contribution in [0.5, 0.6) is 5.75 Å². The molecule has 0 aliphatic carbocycles. The summed E-state index contributed by atoms with van der Waals surface area (Å²) in [6.45, 7) is 1.84. The first-order chi connectivity index (χ1) is 13.0. The molecule has 3 rings (SSSR count). The zero-order valence-electron chi connectivity index (χ0n) is 14.5. The largest absolute Gasteiger partial charge is 0.483 e. The van der Waals surface area contributed by atoms with Crippen molar-refractivity contribution in [1.29, 1.82) is 0 Å². The standard InChI is InChI=1S/C20H17BrN2O4/c1-13-7-8-17(16(21)10-13)27-12-19(24)22-14-4-2-5-15(11-14)23-20(25)18-6-3-9-26-18/h2-11H,12H2,1H3,(H,22,24)(H,23,25). The topological polar surface area (TPSA) is 80.6 Å². The average Bonchev–Trinajstić information content (AvgIpc) is 3.16. The molecule has 2 N–H and O–H groups in total. The van der Waals surface area contributed by atoms with Crippen LogP contribution in [0.4, 0.5) is 11.4 Å². The molecule has 0 aliphatic heterocycles. The molecule has 1 heterocycles. The molecule has 2 aromatic carbocycles. The van der Waals surface area contributed by atoms with Crippen LogP contribution in [0.1, 0.15) is 16.1 Å². The van der Waals surface area contributed by atoms with Gasteiger partial charge in [-0.25, -0.2) is 0 Å². The van der Waals surface area contributed by atoms with E-state index in [1.165, 1.54) is 6.26 Å². The molecule has 27 heavy (non-hydrogen) atoms. The molecule has 2 amide bonds. The maximum Gasteiger partial charge on any atom is 0.291 e. The van der Waals surface area contributed by atoms with Gasteiger partial charge in [0.2, 0.25) is 0 Å². The Morgan fingerprint density at radius 1 is 1.04 bits per heavy atom. The summed E-state index contributed by atoms with van der Waals surface area (Å²) in [7, 11) is 0. The van der Waals surface area contributed by atoms with Crippen molar-refractivity contribution in [1.82, 2.24) is 0 Å². The summed E-state index contributed by atoms with van der Waals surface area (Å²) in [5, 5.41) is 5.44. The van der Waals surface area contributed by atoms with Gasteiger partial charge >= 0.3 is 0 Å². The van der Waals surface area contributed by atoms with Crippen LogP contribution < -0.4 is 15.4 Å². The van der Waals surface area contributed by atoms with Gasteiger partial charge < -0.3 is 19.8 Å². The summed E-state index contributed by atoms with van der Waals surface area (Å²) in [5.41, 5.74) is 2.17. The fourth-order valence-electron chi connectivity index (χ4n) is 2.34. The van der Waals surface area contributed by atoms with E-state index in [9.17, 15) is 9.59 Å². The number of nitrogens with one attached hydrogen (secondary N) is 2. The van der Waals surface area contributed by atoms with E-state index in [1.807, 2.05) is 19.1 Å². The highest BCUT2D eigenvalue weighted by molar-refractivity contribution is 9.10. The molecule has 3 aromatic rings. The Kier molecular flexibility index (Phi) is 5.93. The quantitative estimate of drug-likeness (QED) is 0.599. The van der Waals surface area contributed by atoms with Gasteiger partial charge in [0.25, 0.3) is 11.8 Å². The zero-order valence-corrected chi connectivity index (χ0v) is 16.1. The van der Waals surface area contributed by atoms with E-state index in [2.05, 4.69) is 26.6 Å². The van der Waals surface area contributed by atoms with E-state index >= 15 is 0 Å². The zero-order chi connectivity index (χ0) is 19.2. The van der Waals surface area contributed by atoms with Crippen molar-refractivity contribution in [2.45, 2.75) is 6.92 Å². The van der Waals surface area contributed by atoms with E-state index in [0.717, 1.165) is 10.0 Å². The van der Waals surface area contributed by atoms with Crippen LogP contribution in [0.25, 0.3) is 0 Å². The summed E-state index contributed by atoms with van der Waals surface area (Å²) in [6.07, 6.45) is 1.43. The number of amides is 2. The Morgan fingerprint density at radius 3 is 2.52 bits per heavy atom. The molecule has 0 aliphatic rings. The maximum atomic E-state index is 12.1. The summed E-state index contributed by atoms with van der Waals surface area (Å²) in [6, 6.07) is 15.7. The van der Waals surface area contributed by atoms with E-state index in [-0.39, 0.29) is 24.2 Å². The molecular weight excluding hydrogens is 412 g/mol. The number of hydrogen-bond acceptors (Lipinski definition) is 4. The van der Waals surface area contributed by atoms with Gasteiger partial charge in [-0.2, -0.15) is 0 Å². The van der Waals surface area contributed by atoms with Crippen molar-refractivity contribution in [2.75, 3.05) is 17.2 Å². The third-order valence-corrected chi connectivity index (χ3v) is 4.22. The Bertz CT molecular complexity index is 954. The van der Waals surface area contributed by atoms with Gasteiger partial charge in [0, 0.05) is 11.4 Å². The molecular formula is C20H17BrN2O4. The van der Waals surface area contributed by atoms with Crippen LogP contribution in [0.2, 0.25) is 0 Å². The van der Waals surface area contributed by atoms with Crippen molar-refractivity contribution in [3.63, 3.8) is 0 Å². The van der Waals surface area contributed by atoms with Gasteiger partial charge in [-0.1, -0.05) is 12.1 Å². The number of halogens is 1. The monoisotopic (exact) mass is 428 g/mol. The average molecular weight is 429 g/mol. The second-order valence-corrected chi connectivity index (χ2v) is 6.64. The molecule has 7 heteroatoms. The van der Waals surface area contributed by atoms with Crippen LogP contribution in [0, 0.1) is 6.92 Å². The lowest BCUT2D eigenvalue weighted by Gasteiger charge is -2.10. The highest BCUT2D eigenvalue weighted by Gasteiger charge is 2.10. The first-order valence-corrected chi connectivity index (χ1v) is 8.94. The van der Waals surface area contributed by atoms with E-state index in [4.69, 9.17) is 9.15 Å². The lowest BCUT2D eigenvalue weighted by molar-refractivity contribution is -0.118. The predicted octanol–water partition coefficient (Wildman–Crippen LogP) is 4.62. The van der Waals surface area contributed by atoms with Crippen molar-refractivity contribution in [3.05, 3.63) is 76.7 Å². The number of hydrogen-bond donors (Lipinski definition) is 2. The Balaban J connectivity index is 1.57. The fraction of sp³-hybridized carbons (Fsp3) is 0.100. The second-order valence-electron chi connectivity index (χ2n) is 5.78. The van der Waals surface area contributed by atoms with Crippen molar-refractivity contribution >= 4 is 39.1 Å². The molecule has 0 bridgehead atoms. The summed E-state index contributed by atoms with van der Waals surface area (Å²) < 4.78 is 11.4. The molecule has 138 valence electrons. The summed E-state index contributed by atoms with van der Waals surface area (Å²) in [4.78, 5) is 24.1. The fourth-order valence-corrected chi connectivity index (χ4v) is 2.95. The summed E-state index contributed by atoms with van der Waals surface area (Å²) in [5.74, 6) is 0.129. The molecule has 0 atom stereocenters. The van der Waals surface area contributed by atoms with Gasteiger partial charge in [-0.3, -0.25) is 9.59 Å². The number of carbonyl (C=O) groups excluding carboxylic acids is 2. The number of anilines is 2. The third-order valence-electron chi connectivity index (χ3n) is 3.60. The Labute approximate surface area is 164 Å². The number of carbonyl (C=O) groups is 2. The van der Waals surface area contributed by atoms with Gasteiger partial charge in [-0.05, 0) is 70.9 Å². The lowest BCUT2D eigenvalue weighted by Crippen LogP contribution is -2.20. The molecule has 0 spiro atoms. The molecule has 0 saturated carbocycles. The molecule has 6 nitrogen and oxygen atoms in total. The Morgan fingerprint density at radius 2 is 1.81 bits per heavy atom. The normalized spacial score (nSPS) is 10.3. The van der Waals surface area contributed by atoms with Gasteiger partial charge in [0.15, 0.2) is 12.4 Å². The van der Waals surface area contributed by atoms with Crippen LogP contribution in [0.15, 0.2) is 69.8 Å². The highest BCUT2D eigenvalue weighted by Crippen LogP contribution is 2.25. The maximum absolute atomic E-state index is 12.1. The number of aryl methyl sites for hydroxylation is 1. The van der Waals surface area contributed by atoms with Gasteiger partial charge in [0.05, 0.1) is 10.7 Å². The smallest absolute Gasteiger partial charge is 0.291 e. The molecule has 0 radical (unpaired) electrons. The first-order valence-electron chi connectivity index (χ1n) is 8.15. The van der Waals surface area contributed by atoms with Crippen molar-refractivity contribution < 1.29 is 18.7 Å². The minimum absolute atomic E-state index is 0.134. The van der Waals surface area contributed by atoms with Crippen LogP contribution >= 0.6 is 15.9 Å². The minimum Gasteiger partial charge on any atom is -0.483 e. The van der Waals surface area contributed by atoms with Crippen LogP contribution in [-0.4, -0.2) is 18.4 Å². The first kappa shape index (κ1) is 18.7. The van der Waals surface area contributed by atoms with Crippen LogP contribution in [0.3, 0.4) is 0 Å². The Hall–Kier alpha value is -3.06. The number of rotatable bonds is 6. The van der Waals surface area contributed by atoms with E-state index in [0.29, 0.717) is 17.1 Å². The van der Waals surface area contributed by atoms with Crippen molar-refractivity contribution in [3.8, 4) is 5.75 Å². The van der Waals surface area contributed by atoms with E-state index < -0.39 is 0 Å². The van der Waals surface area contributed by atoms with E-state index in [1.54, 1.807) is 42.5 Å². The third kappa shape index (κ3) is 5.21. The molecule has 0 unspecified atom stereocenters. The number of furan rings is 1. The van der Waals surface area contributed by atoms with Crippen molar-refractivity contribution in [2.24, 2.45) is 0 Å². The molecule has 1 aromatic heterocycles. The predicted molar refractivity (Wildman–Crippen MR) is 106 cm³/mol. The lowest BCUT2D eigenvalue weighted by atomic mass is 10.2. The molecule has 0 fully saturated rings.